The van der Waals surface area contributed by atoms with Gasteiger partial charge in [0.1, 0.15) is 6.04 Å². The minimum absolute atomic E-state index is 0. The molecule has 0 aromatic heterocycles. The van der Waals surface area contributed by atoms with Crippen molar-refractivity contribution in [3.05, 3.63) is 23.8 Å². The van der Waals surface area contributed by atoms with Gasteiger partial charge in [-0.25, -0.2) is 0 Å². The monoisotopic (exact) mass is 269 g/mol. The van der Waals surface area contributed by atoms with Crippen molar-refractivity contribution in [2.24, 2.45) is 5.73 Å². The van der Waals surface area contributed by atoms with E-state index in [1.54, 1.807) is 0 Å². The molecule has 7 heteroatoms. The highest BCUT2D eigenvalue weighted by molar-refractivity contribution is 5.85. The van der Waals surface area contributed by atoms with Gasteiger partial charge in [-0.2, -0.15) is 0 Å². The van der Waals surface area contributed by atoms with Gasteiger partial charge in [-0.05, 0) is 24.1 Å². The number of carboxylic acid groups (broad SMARTS) is 1. The van der Waals surface area contributed by atoms with Crippen LogP contribution in [0.4, 0.5) is 0 Å². The zero-order chi connectivity index (χ0) is 10.7. The lowest BCUT2D eigenvalue weighted by atomic mass is 10.1. The topological polar surface area (TPSA) is 104 Å². The number of aromatic hydroxyl groups is 2. The van der Waals surface area contributed by atoms with E-state index in [-0.39, 0.29) is 42.7 Å². The highest BCUT2D eigenvalue weighted by Gasteiger charge is 2.12. The molecule has 0 aliphatic heterocycles. The fourth-order valence-electron chi connectivity index (χ4n) is 1.04. The molecule has 0 spiro atoms. The fraction of sp³-hybridized carbons (Fsp3) is 0.222. The Morgan fingerprint density at radius 1 is 1.25 bits per heavy atom. The van der Waals surface area contributed by atoms with Crippen molar-refractivity contribution in [2.75, 3.05) is 0 Å². The Morgan fingerprint density at radius 3 is 2.25 bits per heavy atom. The van der Waals surface area contributed by atoms with E-state index in [1.807, 2.05) is 0 Å². The highest BCUT2D eigenvalue weighted by atomic mass is 35.5. The van der Waals surface area contributed by atoms with Crippen LogP contribution in [0.1, 0.15) is 5.56 Å². The number of phenolic OH excluding ortho intramolecular Hbond substituents is 2. The largest absolute Gasteiger partial charge is 0.504 e. The number of benzene rings is 1. The van der Waals surface area contributed by atoms with Gasteiger partial charge in [-0.1, -0.05) is 6.07 Å². The van der Waals surface area contributed by atoms with E-state index in [2.05, 4.69) is 0 Å². The quantitative estimate of drug-likeness (QED) is 0.611. The summed E-state index contributed by atoms with van der Waals surface area (Å²) in [7, 11) is 0. The third-order valence-electron chi connectivity index (χ3n) is 1.81. The van der Waals surface area contributed by atoms with Gasteiger partial charge in [0, 0.05) is 0 Å². The minimum atomic E-state index is -1.10. The van der Waals surface area contributed by atoms with Gasteiger partial charge in [0.15, 0.2) is 11.5 Å². The lowest BCUT2D eigenvalue weighted by molar-refractivity contribution is -0.138. The van der Waals surface area contributed by atoms with Crippen LogP contribution >= 0.6 is 24.8 Å². The van der Waals surface area contributed by atoms with Crippen molar-refractivity contribution in [1.82, 2.24) is 0 Å². The number of rotatable bonds is 3. The molecule has 0 aliphatic rings. The predicted octanol–water partition coefficient (Wildman–Crippen LogP) is 0.896. The molecule has 92 valence electrons. The second-order valence-electron chi connectivity index (χ2n) is 2.97. The van der Waals surface area contributed by atoms with Crippen molar-refractivity contribution in [3.8, 4) is 11.5 Å². The Hall–Kier alpha value is -1.17. The Kier molecular flexibility index (Phi) is 7.71. The number of nitrogens with two attached hydrogens (primary N) is 1. The van der Waals surface area contributed by atoms with E-state index >= 15 is 0 Å². The number of aliphatic carboxylic acids is 1. The van der Waals surface area contributed by atoms with Crippen molar-refractivity contribution in [1.29, 1.82) is 0 Å². The van der Waals surface area contributed by atoms with E-state index in [4.69, 9.17) is 21.1 Å². The van der Waals surface area contributed by atoms with Gasteiger partial charge in [0.05, 0.1) is 0 Å². The second kappa shape index (κ2) is 7.16. The van der Waals surface area contributed by atoms with Gasteiger partial charge in [0.25, 0.3) is 0 Å². The van der Waals surface area contributed by atoms with Crippen LogP contribution in [-0.2, 0) is 11.2 Å². The number of hydrogen-bond acceptors (Lipinski definition) is 4. The predicted molar refractivity (Wildman–Crippen MR) is 63.6 cm³/mol. The van der Waals surface area contributed by atoms with Gasteiger partial charge < -0.3 is 21.1 Å². The molecule has 1 aromatic carbocycles. The molecule has 0 fully saturated rings. The van der Waals surface area contributed by atoms with Gasteiger partial charge in [-0.15, -0.1) is 24.8 Å². The molecular formula is C9H13Cl2NO4. The molecule has 5 nitrogen and oxygen atoms in total. The summed E-state index contributed by atoms with van der Waals surface area (Å²) in [5.74, 6) is -1.62. The molecule has 16 heavy (non-hydrogen) atoms. The van der Waals surface area contributed by atoms with Crippen molar-refractivity contribution in [2.45, 2.75) is 12.5 Å². The number of hydrogen-bond donors (Lipinski definition) is 4. The number of carboxylic acids is 1. The van der Waals surface area contributed by atoms with Crippen LogP contribution in [0.3, 0.4) is 0 Å². The number of phenols is 2. The summed E-state index contributed by atoms with van der Waals surface area (Å²) in [6, 6.07) is 3.09. The molecule has 0 radical (unpaired) electrons. The number of halogens is 2. The van der Waals surface area contributed by atoms with Gasteiger partial charge in [0.2, 0.25) is 0 Å². The maximum atomic E-state index is 10.4. The van der Waals surface area contributed by atoms with Gasteiger partial charge >= 0.3 is 5.97 Å². The van der Waals surface area contributed by atoms with Crippen molar-refractivity contribution in [3.63, 3.8) is 0 Å². The molecule has 0 aliphatic carbocycles. The average molecular weight is 270 g/mol. The summed E-state index contributed by atoms with van der Waals surface area (Å²) in [6.07, 6.45) is 0.114. The second-order valence-corrected chi connectivity index (χ2v) is 2.97. The van der Waals surface area contributed by atoms with E-state index < -0.39 is 12.0 Å². The Balaban J connectivity index is 0. The summed E-state index contributed by atoms with van der Waals surface area (Å²) in [5.41, 5.74) is 5.86. The molecule has 1 atom stereocenters. The zero-order valence-electron chi connectivity index (χ0n) is 8.16. The SMILES string of the molecule is Cl.Cl.N[C@@H](Cc1ccc(O)c(O)c1)C(=O)O. The molecule has 1 rings (SSSR count). The third kappa shape index (κ3) is 4.57. The van der Waals surface area contributed by atoms with Crippen molar-refractivity contribution < 1.29 is 20.1 Å². The standard InChI is InChI=1S/C9H11NO4.2ClH/c10-6(9(13)14)3-5-1-2-7(11)8(12)4-5;;/h1-2,4,6,11-12H,3,10H2,(H,13,14);2*1H/t6-;;/m0../s1. The Labute approximate surface area is 105 Å². The zero-order valence-corrected chi connectivity index (χ0v) is 9.79. The lowest BCUT2D eigenvalue weighted by Gasteiger charge is -2.06. The first-order valence-electron chi connectivity index (χ1n) is 4.00. The molecular weight excluding hydrogens is 257 g/mol. The van der Waals surface area contributed by atoms with Crippen LogP contribution in [0, 0.1) is 0 Å². The Morgan fingerprint density at radius 2 is 1.81 bits per heavy atom. The molecule has 0 saturated heterocycles. The maximum absolute atomic E-state index is 10.4. The first kappa shape index (κ1) is 17.2. The highest BCUT2D eigenvalue weighted by Crippen LogP contribution is 2.25. The summed E-state index contributed by atoms with van der Waals surface area (Å²) in [4.78, 5) is 10.4. The fourth-order valence-corrected chi connectivity index (χ4v) is 1.04. The first-order chi connectivity index (χ1) is 6.50. The van der Waals surface area contributed by atoms with E-state index in [1.165, 1.54) is 18.2 Å². The number of carbonyl (C=O) groups is 1. The molecule has 1 aromatic rings. The van der Waals surface area contributed by atoms with Crippen LogP contribution in [0.5, 0.6) is 11.5 Å². The lowest BCUT2D eigenvalue weighted by Crippen LogP contribution is -2.32. The van der Waals surface area contributed by atoms with Crippen LogP contribution < -0.4 is 5.73 Å². The molecule has 0 saturated carbocycles. The normalized spacial score (nSPS) is 10.8. The van der Waals surface area contributed by atoms with Crippen LogP contribution in [0.15, 0.2) is 18.2 Å². The van der Waals surface area contributed by atoms with E-state index in [9.17, 15) is 4.79 Å². The van der Waals surface area contributed by atoms with E-state index in [0.29, 0.717) is 5.56 Å². The third-order valence-corrected chi connectivity index (χ3v) is 1.81. The maximum Gasteiger partial charge on any atom is 0.320 e. The molecule has 5 N–H and O–H groups in total. The smallest absolute Gasteiger partial charge is 0.320 e. The van der Waals surface area contributed by atoms with Gasteiger partial charge in [-0.3, -0.25) is 4.79 Å². The summed E-state index contributed by atoms with van der Waals surface area (Å²) in [5, 5.41) is 26.6. The molecule has 0 heterocycles. The van der Waals surface area contributed by atoms with Crippen LogP contribution in [0.25, 0.3) is 0 Å². The summed E-state index contributed by atoms with van der Waals surface area (Å²) >= 11 is 0. The Bertz CT molecular complexity index is 359. The van der Waals surface area contributed by atoms with Crippen LogP contribution in [-0.4, -0.2) is 27.3 Å². The van der Waals surface area contributed by atoms with Crippen molar-refractivity contribution >= 4 is 30.8 Å². The summed E-state index contributed by atoms with van der Waals surface area (Å²) in [6.45, 7) is 0. The molecule has 0 unspecified atom stereocenters. The molecule has 0 bridgehead atoms. The summed E-state index contributed by atoms with van der Waals surface area (Å²) < 4.78 is 0. The molecule has 0 amide bonds. The van der Waals surface area contributed by atoms with Crippen LogP contribution in [0.2, 0.25) is 0 Å². The first-order valence-corrected chi connectivity index (χ1v) is 4.00. The van der Waals surface area contributed by atoms with E-state index in [0.717, 1.165) is 0 Å². The average Bonchev–Trinajstić information content (AvgIpc) is 2.11. The minimum Gasteiger partial charge on any atom is -0.504 e.